The van der Waals surface area contributed by atoms with Crippen LogP contribution < -0.4 is 4.74 Å². The molecule has 2 heteroatoms. The van der Waals surface area contributed by atoms with Gasteiger partial charge in [0.2, 0.25) is 0 Å². The van der Waals surface area contributed by atoms with Crippen LogP contribution >= 0.6 is 0 Å². The van der Waals surface area contributed by atoms with Crippen molar-refractivity contribution in [2.45, 2.75) is 20.0 Å². The lowest BCUT2D eigenvalue weighted by atomic mass is 9.81. The molecule has 92 valence electrons. The van der Waals surface area contributed by atoms with Gasteiger partial charge >= 0.3 is 0 Å². The third-order valence-electron chi connectivity index (χ3n) is 3.36. The van der Waals surface area contributed by atoms with Gasteiger partial charge in [-0.2, -0.15) is 0 Å². The van der Waals surface area contributed by atoms with Crippen molar-refractivity contribution in [1.29, 1.82) is 0 Å². The van der Waals surface area contributed by atoms with Crippen LogP contribution in [0.4, 0.5) is 0 Å². The Morgan fingerprint density at radius 3 is 2.29 bits per heavy atom. The molecule has 0 aliphatic heterocycles. The standard InChI is InChI=1S/C15H20O2/c1-3-13-6-7-14(13)11-17-10-12-4-8-15(16-2)9-5-12/h4-9,13-14H,3,10-11H2,1-2H3/t13-,14-/m1/s1. The number of hydrogen-bond acceptors (Lipinski definition) is 2. The van der Waals surface area contributed by atoms with E-state index in [1.807, 2.05) is 24.3 Å². The number of rotatable bonds is 6. The quantitative estimate of drug-likeness (QED) is 0.700. The summed E-state index contributed by atoms with van der Waals surface area (Å²) in [6.07, 6.45) is 5.75. The zero-order valence-corrected chi connectivity index (χ0v) is 10.6. The van der Waals surface area contributed by atoms with E-state index in [0.29, 0.717) is 12.5 Å². The van der Waals surface area contributed by atoms with Crippen LogP contribution in [0.25, 0.3) is 0 Å². The first-order valence-electron chi connectivity index (χ1n) is 6.22. The van der Waals surface area contributed by atoms with Crippen LogP contribution in [-0.2, 0) is 11.3 Å². The molecule has 0 N–H and O–H groups in total. The minimum atomic E-state index is 0.623. The van der Waals surface area contributed by atoms with Gasteiger partial charge in [-0.05, 0) is 30.0 Å². The van der Waals surface area contributed by atoms with Crippen molar-refractivity contribution in [3.05, 3.63) is 42.0 Å². The van der Waals surface area contributed by atoms with Gasteiger partial charge in [-0.15, -0.1) is 0 Å². The highest BCUT2D eigenvalue weighted by atomic mass is 16.5. The van der Waals surface area contributed by atoms with E-state index in [9.17, 15) is 0 Å². The third kappa shape index (κ3) is 3.10. The molecule has 1 aliphatic carbocycles. The van der Waals surface area contributed by atoms with Crippen molar-refractivity contribution in [1.82, 2.24) is 0 Å². The molecular formula is C15H20O2. The lowest BCUT2D eigenvalue weighted by Crippen LogP contribution is -2.22. The smallest absolute Gasteiger partial charge is 0.118 e. The number of allylic oxidation sites excluding steroid dienone is 1. The van der Waals surface area contributed by atoms with Gasteiger partial charge < -0.3 is 9.47 Å². The monoisotopic (exact) mass is 232 g/mol. The van der Waals surface area contributed by atoms with Crippen LogP contribution in [0.2, 0.25) is 0 Å². The molecule has 2 atom stereocenters. The summed E-state index contributed by atoms with van der Waals surface area (Å²) < 4.78 is 10.9. The zero-order valence-electron chi connectivity index (χ0n) is 10.6. The molecule has 2 nitrogen and oxygen atoms in total. The van der Waals surface area contributed by atoms with Crippen molar-refractivity contribution in [3.63, 3.8) is 0 Å². The van der Waals surface area contributed by atoms with Crippen molar-refractivity contribution in [2.75, 3.05) is 13.7 Å². The molecule has 1 aliphatic rings. The summed E-state index contributed by atoms with van der Waals surface area (Å²) in [7, 11) is 1.68. The summed E-state index contributed by atoms with van der Waals surface area (Å²) in [5, 5.41) is 0. The Labute approximate surface area is 103 Å². The number of methoxy groups -OCH3 is 1. The Morgan fingerprint density at radius 2 is 1.76 bits per heavy atom. The summed E-state index contributed by atoms with van der Waals surface area (Å²) in [5.74, 6) is 2.24. The Morgan fingerprint density at radius 1 is 1.06 bits per heavy atom. The maximum Gasteiger partial charge on any atom is 0.118 e. The maximum atomic E-state index is 5.74. The van der Waals surface area contributed by atoms with Gasteiger partial charge in [0.15, 0.2) is 0 Å². The predicted octanol–water partition coefficient (Wildman–Crippen LogP) is 3.42. The summed E-state index contributed by atoms with van der Waals surface area (Å²) in [4.78, 5) is 0. The van der Waals surface area contributed by atoms with E-state index in [0.717, 1.165) is 18.3 Å². The first-order valence-corrected chi connectivity index (χ1v) is 6.22. The lowest BCUT2D eigenvalue weighted by molar-refractivity contribution is 0.0812. The largest absolute Gasteiger partial charge is 0.497 e. The second-order valence-electron chi connectivity index (χ2n) is 4.48. The molecule has 1 aromatic rings. The molecular weight excluding hydrogens is 212 g/mol. The minimum Gasteiger partial charge on any atom is -0.497 e. The fraction of sp³-hybridized carbons (Fsp3) is 0.467. The molecule has 2 rings (SSSR count). The number of ether oxygens (including phenoxy) is 2. The Balaban J connectivity index is 1.73. The fourth-order valence-electron chi connectivity index (χ4n) is 2.08. The average molecular weight is 232 g/mol. The van der Waals surface area contributed by atoms with Crippen LogP contribution in [0.1, 0.15) is 18.9 Å². The topological polar surface area (TPSA) is 18.5 Å². The van der Waals surface area contributed by atoms with Gasteiger partial charge in [0, 0.05) is 5.92 Å². The molecule has 0 aromatic heterocycles. The van der Waals surface area contributed by atoms with Crippen molar-refractivity contribution < 1.29 is 9.47 Å². The SMILES string of the molecule is CC[C@@H]1C=C[C@@H]1COCc1ccc(OC)cc1. The van der Waals surface area contributed by atoms with Crippen LogP contribution in [-0.4, -0.2) is 13.7 Å². The zero-order chi connectivity index (χ0) is 12.1. The molecule has 1 aromatic carbocycles. The summed E-state index contributed by atoms with van der Waals surface area (Å²) >= 11 is 0. The molecule has 0 saturated carbocycles. The van der Waals surface area contributed by atoms with E-state index in [1.54, 1.807) is 7.11 Å². The van der Waals surface area contributed by atoms with E-state index < -0.39 is 0 Å². The average Bonchev–Trinajstić information content (AvgIpc) is 2.34. The van der Waals surface area contributed by atoms with Crippen molar-refractivity contribution >= 4 is 0 Å². The minimum absolute atomic E-state index is 0.623. The van der Waals surface area contributed by atoms with E-state index in [-0.39, 0.29) is 0 Å². The molecule has 0 amide bonds. The molecule has 0 heterocycles. The fourth-order valence-corrected chi connectivity index (χ4v) is 2.08. The molecule has 0 unspecified atom stereocenters. The predicted molar refractivity (Wildman–Crippen MR) is 69.1 cm³/mol. The maximum absolute atomic E-state index is 5.74. The normalized spacial score (nSPS) is 22.2. The molecule has 0 spiro atoms. The van der Waals surface area contributed by atoms with Crippen molar-refractivity contribution in [2.24, 2.45) is 11.8 Å². The Hall–Kier alpha value is -1.28. The summed E-state index contributed by atoms with van der Waals surface area (Å²) in [6, 6.07) is 8.03. The number of hydrogen-bond donors (Lipinski definition) is 0. The van der Waals surface area contributed by atoms with E-state index >= 15 is 0 Å². The van der Waals surface area contributed by atoms with Gasteiger partial charge in [-0.1, -0.05) is 31.2 Å². The van der Waals surface area contributed by atoms with Gasteiger partial charge in [-0.3, -0.25) is 0 Å². The van der Waals surface area contributed by atoms with Crippen LogP contribution in [0.5, 0.6) is 5.75 Å². The van der Waals surface area contributed by atoms with Gasteiger partial charge in [0.1, 0.15) is 5.75 Å². The molecule has 0 fully saturated rings. The van der Waals surface area contributed by atoms with Crippen molar-refractivity contribution in [3.8, 4) is 5.75 Å². The molecule has 0 radical (unpaired) electrons. The van der Waals surface area contributed by atoms with E-state index in [1.165, 1.54) is 12.0 Å². The number of benzene rings is 1. The Bertz CT molecular complexity index is 367. The van der Waals surface area contributed by atoms with Gasteiger partial charge in [0.25, 0.3) is 0 Å². The first-order chi connectivity index (χ1) is 8.33. The third-order valence-corrected chi connectivity index (χ3v) is 3.36. The molecule has 0 bridgehead atoms. The highest BCUT2D eigenvalue weighted by Gasteiger charge is 2.21. The highest BCUT2D eigenvalue weighted by Crippen LogP contribution is 2.28. The van der Waals surface area contributed by atoms with E-state index in [4.69, 9.17) is 9.47 Å². The highest BCUT2D eigenvalue weighted by molar-refractivity contribution is 5.26. The second-order valence-corrected chi connectivity index (χ2v) is 4.48. The first kappa shape index (κ1) is 12.2. The van der Waals surface area contributed by atoms with E-state index in [2.05, 4.69) is 19.1 Å². The lowest BCUT2D eigenvalue weighted by Gasteiger charge is -2.28. The Kier molecular flexibility index (Phi) is 4.21. The molecule has 17 heavy (non-hydrogen) atoms. The second kappa shape index (κ2) is 5.87. The molecule has 0 saturated heterocycles. The van der Waals surface area contributed by atoms with Gasteiger partial charge in [-0.25, -0.2) is 0 Å². The van der Waals surface area contributed by atoms with Crippen LogP contribution in [0.15, 0.2) is 36.4 Å². The van der Waals surface area contributed by atoms with Gasteiger partial charge in [0.05, 0.1) is 20.3 Å². The summed E-state index contributed by atoms with van der Waals surface area (Å²) in [5.41, 5.74) is 1.20. The van der Waals surface area contributed by atoms with Crippen LogP contribution in [0, 0.1) is 11.8 Å². The van der Waals surface area contributed by atoms with Crippen LogP contribution in [0.3, 0.4) is 0 Å². The summed E-state index contributed by atoms with van der Waals surface area (Å²) in [6.45, 7) is 3.75.